The smallest absolute Gasteiger partial charge is 0.338 e. The number of carboxylic acid groups (broad SMARTS) is 1. The van der Waals surface area contributed by atoms with Gasteiger partial charge in [-0.15, -0.1) is 0 Å². The predicted octanol–water partition coefficient (Wildman–Crippen LogP) is 4.31. The van der Waals surface area contributed by atoms with Gasteiger partial charge in [0.2, 0.25) is 0 Å². The van der Waals surface area contributed by atoms with Gasteiger partial charge in [0, 0.05) is 17.1 Å². The van der Waals surface area contributed by atoms with Gasteiger partial charge in [-0.25, -0.2) is 14.6 Å². The van der Waals surface area contributed by atoms with Crippen LogP contribution in [0.3, 0.4) is 0 Å². The van der Waals surface area contributed by atoms with Crippen molar-refractivity contribution in [3.63, 3.8) is 0 Å². The van der Waals surface area contributed by atoms with E-state index in [4.69, 9.17) is 14.2 Å². The van der Waals surface area contributed by atoms with Crippen LogP contribution in [0.5, 0.6) is 11.5 Å². The van der Waals surface area contributed by atoms with E-state index in [2.05, 4.69) is 4.99 Å². The molecule has 1 N–H and O–H groups in total. The van der Waals surface area contributed by atoms with Crippen molar-refractivity contribution in [2.24, 2.45) is 4.99 Å². The number of hydrogen-bond acceptors (Lipinski definition) is 8. The van der Waals surface area contributed by atoms with Gasteiger partial charge < -0.3 is 23.9 Å². The first-order chi connectivity index (χ1) is 21.1. The Kier molecular flexibility index (Phi) is 8.59. The topological polar surface area (TPSA) is 121 Å². The Morgan fingerprint density at radius 1 is 1.02 bits per heavy atom. The van der Waals surface area contributed by atoms with Crippen LogP contribution in [-0.4, -0.2) is 46.5 Å². The Labute approximate surface area is 257 Å². The number of allylic oxidation sites excluding steroid dienone is 1. The first-order valence-electron chi connectivity index (χ1n) is 14.1. The van der Waals surface area contributed by atoms with Crippen LogP contribution >= 0.6 is 11.3 Å². The third-order valence-corrected chi connectivity index (χ3v) is 8.43. The number of aryl methyl sites for hydroxylation is 1. The summed E-state index contributed by atoms with van der Waals surface area (Å²) < 4.78 is 20.7. The number of hydrogen-bond donors (Lipinski definition) is 1. The van der Waals surface area contributed by atoms with Crippen molar-refractivity contribution in [2.45, 2.75) is 40.7 Å². The Hall–Kier alpha value is -4.90. The molecule has 2 aromatic carbocycles. The van der Waals surface area contributed by atoms with Crippen LogP contribution in [0.2, 0.25) is 0 Å². The van der Waals surface area contributed by atoms with Crippen molar-refractivity contribution in [2.75, 3.05) is 20.3 Å². The number of carbonyl (C=O) groups is 2. The monoisotopic (exact) mass is 615 g/mol. The lowest BCUT2D eigenvalue weighted by Gasteiger charge is -2.25. The van der Waals surface area contributed by atoms with Gasteiger partial charge in [0.05, 0.1) is 47.7 Å². The Balaban J connectivity index is 1.67. The minimum Gasteiger partial charge on any atom is -0.493 e. The minimum absolute atomic E-state index is 0.175. The third kappa shape index (κ3) is 5.46. The van der Waals surface area contributed by atoms with E-state index in [0.29, 0.717) is 38.7 Å². The third-order valence-electron chi connectivity index (χ3n) is 7.45. The second-order valence-electron chi connectivity index (χ2n) is 10.2. The summed E-state index contributed by atoms with van der Waals surface area (Å²) in [5, 5.41) is 9.27. The fourth-order valence-electron chi connectivity index (χ4n) is 5.46. The highest BCUT2D eigenvalue weighted by Gasteiger charge is 2.34. The van der Waals surface area contributed by atoms with Crippen LogP contribution in [0.25, 0.3) is 11.8 Å². The molecule has 10 nitrogen and oxygen atoms in total. The lowest BCUT2D eigenvalue weighted by atomic mass is 9.95. The Bertz CT molecular complexity index is 1980. The zero-order valence-corrected chi connectivity index (χ0v) is 26.2. The molecule has 3 heterocycles. The fraction of sp³-hybridized carbons (Fsp3) is 0.273. The molecule has 0 unspecified atom stereocenters. The van der Waals surface area contributed by atoms with Crippen molar-refractivity contribution in [3.8, 4) is 17.2 Å². The molecule has 2 aromatic heterocycles. The molecule has 228 valence electrons. The van der Waals surface area contributed by atoms with E-state index in [-0.39, 0.29) is 23.3 Å². The maximum atomic E-state index is 14.1. The van der Waals surface area contributed by atoms with Crippen LogP contribution < -0.4 is 24.4 Å². The number of benzene rings is 2. The molecule has 44 heavy (non-hydrogen) atoms. The highest BCUT2D eigenvalue weighted by atomic mass is 32.1. The number of carboxylic acids is 1. The van der Waals surface area contributed by atoms with Gasteiger partial charge in [-0.3, -0.25) is 9.36 Å². The summed E-state index contributed by atoms with van der Waals surface area (Å²) in [4.78, 5) is 43.8. The average Bonchev–Trinajstić information content (AvgIpc) is 3.45. The molecule has 0 spiro atoms. The van der Waals surface area contributed by atoms with E-state index in [9.17, 15) is 19.5 Å². The quantitative estimate of drug-likeness (QED) is 0.279. The van der Waals surface area contributed by atoms with Crippen molar-refractivity contribution in [1.29, 1.82) is 0 Å². The van der Waals surface area contributed by atoms with Gasteiger partial charge in [0.25, 0.3) is 5.56 Å². The molecule has 1 atom stereocenters. The van der Waals surface area contributed by atoms with Gasteiger partial charge in [-0.05, 0) is 94.3 Å². The number of ether oxygens (including phenoxy) is 3. The van der Waals surface area contributed by atoms with Crippen LogP contribution in [0, 0.1) is 13.8 Å². The molecule has 11 heteroatoms. The van der Waals surface area contributed by atoms with E-state index >= 15 is 0 Å². The SMILES string of the molecule is CCOC(=O)C1=C(C)N=c2sc(=Cc3cc(C)n(-c4ccc(C(=O)O)cc4)c3C)c(=O)n2[C@H]1c1ccc(OC)c(OCC)c1. The summed E-state index contributed by atoms with van der Waals surface area (Å²) in [7, 11) is 1.55. The number of aromatic nitrogens is 2. The van der Waals surface area contributed by atoms with Crippen LogP contribution in [0.1, 0.15) is 59.7 Å². The molecule has 0 fully saturated rings. The standard InChI is InChI=1S/C33H33N3O7S/c1-7-42-26-16-22(11-14-25(26)41-6)29-28(32(40)43-8-2)19(4)34-33-36(29)30(37)27(44-33)17-23-15-18(3)35(20(23)5)24-12-9-21(10-13-24)31(38)39/h9-17,29H,7-8H2,1-6H3,(H,38,39)/t29-/m0/s1. The lowest BCUT2D eigenvalue weighted by molar-refractivity contribution is -0.139. The molecule has 0 saturated heterocycles. The van der Waals surface area contributed by atoms with E-state index in [0.717, 1.165) is 22.6 Å². The van der Waals surface area contributed by atoms with Crippen molar-refractivity contribution in [1.82, 2.24) is 9.13 Å². The van der Waals surface area contributed by atoms with Gasteiger partial charge in [-0.2, -0.15) is 0 Å². The van der Waals surface area contributed by atoms with Crippen LogP contribution in [-0.2, 0) is 9.53 Å². The normalized spacial score (nSPS) is 14.7. The second-order valence-corrected chi connectivity index (χ2v) is 11.2. The fourth-order valence-corrected chi connectivity index (χ4v) is 6.50. The number of fused-ring (bicyclic) bond motifs is 1. The number of nitrogens with zero attached hydrogens (tertiary/aromatic N) is 3. The predicted molar refractivity (Wildman–Crippen MR) is 167 cm³/mol. The first kappa shape index (κ1) is 30.6. The molecule has 4 aromatic rings. The Morgan fingerprint density at radius 2 is 1.75 bits per heavy atom. The molecule has 5 rings (SSSR count). The van der Waals surface area contributed by atoms with Gasteiger partial charge >= 0.3 is 11.9 Å². The molecule has 0 saturated carbocycles. The van der Waals surface area contributed by atoms with Gasteiger partial charge in [-0.1, -0.05) is 17.4 Å². The zero-order chi connectivity index (χ0) is 31.7. The molecule has 0 bridgehead atoms. The lowest BCUT2D eigenvalue weighted by Crippen LogP contribution is -2.40. The van der Waals surface area contributed by atoms with E-state index < -0.39 is 18.0 Å². The maximum absolute atomic E-state index is 14.1. The summed E-state index contributed by atoms with van der Waals surface area (Å²) in [6.07, 6.45) is 1.83. The van der Waals surface area contributed by atoms with E-state index in [1.54, 1.807) is 57.4 Å². The second kappa shape index (κ2) is 12.4. The molecule has 0 amide bonds. The van der Waals surface area contributed by atoms with E-state index in [1.165, 1.54) is 15.9 Å². The average molecular weight is 616 g/mol. The Morgan fingerprint density at radius 3 is 2.39 bits per heavy atom. The van der Waals surface area contributed by atoms with Crippen molar-refractivity contribution >= 4 is 29.4 Å². The van der Waals surface area contributed by atoms with Gasteiger partial charge in [0.1, 0.15) is 0 Å². The summed E-state index contributed by atoms with van der Waals surface area (Å²) in [5.41, 5.74) is 4.76. The first-order valence-corrected chi connectivity index (χ1v) is 14.9. The molecule has 0 aliphatic carbocycles. The molecular weight excluding hydrogens is 582 g/mol. The highest BCUT2D eigenvalue weighted by Crippen LogP contribution is 2.36. The van der Waals surface area contributed by atoms with E-state index in [1.807, 2.05) is 43.5 Å². The van der Waals surface area contributed by atoms with Crippen LogP contribution in [0.4, 0.5) is 0 Å². The van der Waals surface area contributed by atoms with Crippen molar-refractivity contribution < 1.29 is 28.9 Å². The molecular formula is C33H33N3O7S. The number of esters is 1. The van der Waals surface area contributed by atoms with Crippen LogP contribution in [0.15, 0.2) is 69.6 Å². The molecule has 1 aliphatic heterocycles. The summed E-state index contributed by atoms with van der Waals surface area (Å²) >= 11 is 1.24. The number of thiazole rings is 1. The zero-order valence-electron chi connectivity index (χ0n) is 25.3. The summed E-state index contributed by atoms with van der Waals surface area (Å²) in [5.74, 6) is -0.498. The maximum Gasteiger partial charge on any atom is 0.338 e. The van der Waals surface area contributed by atoms with Crippen molar-refractivity contribution in [3.05, 3.63) is 108 Å². The largest absolute Gasteiger partial charge is 0.493 e. The summed E-state index contributed by atoms with van der Waals surface area (Å²) in [6, 6.07) is 13.2. The minimum atomic E-state index is -0.989. The number of aromatic carboxylic acids is 1. The number of carbonyl (C=O) groups excluding carboxylic acids is 1. The molecule has 0 radical (unpaired) electrons. The molecule has 1 aliphatic rings. The highest BCUT2D eigenvalue weighted by molar-refractivity contribution is 7.07. The summed E-state index contributed by atoms with van der Waals surface area (Å²) in [6.45, 7) is 9.82. The number of methoxy groups -OCH3 is 1. The number of rotatable bonds is 9. The van der Waals surface area contributed by atoms with Gasteiger partial charge in [0.15, 0.2) is 16.3 Å².